The third-order valence-corrected chi connectivity index (χ3v) is 6.45. The number of sulfonamides is 1. The molecule has 0 atom stereocenters. The Hall–Kier alpha value is -3.32. The zero-order valence-corrected chi connectivity index (χ0v) is 20.0. The van der Waals surface area contributed by atoms with E-state index in [2.05, 4.69) is 55.8 Å². The number of hydrogen-bond donors (Lipinski definition) is 2. The summed E-state index contributed by atoms with van der Waals surface area (Å²) in [4.78, 5) is 14.8. The summed E-state index contributed by atoms with van der Waals surface area (Å²) < 4.78 is 25.4. The third-order valence-electron chi connectivity index (χ3n) is 5.86. The van der Waals surface area contributed by atoms with Crippen molar-refractivity contribution in [3.05, 3.63) is 77.4 Å². The maximum Gasteiger partial charge on any atom is 0.258 e. The first-order valence-electron chi connectivity index (χ1n) is 10.8. The molecule has 3 aromatic rings. The van der Waals surface area contributed by atoms with Gasteiger partial charge in [0.05, 0.1) is 11.9 Å². The van der Waals surface area contributed by atoms with E-state index >= 15 is 0 Å². The lowest BCUT2D eigenvalue weighted by molar-refractivity contribution is 0.0980. The summed E-state index contributed by atoms with van der Waals surface area (Å²) in [5, 5.41) is 9.99. The van der Waals surface area contributed by atoms with Crippen LogP contribution in [0.1, 0.15) is 42.3 Å². The van der Waals surface area contributed by atoms with Crippen molar-refractivity contribution in [1.29, 1.82) is 0 Å². The maximum atomic E-state index is 13.2. The molecule has 172 valence electrons. The molecule has 0 aliphatic carbocycles. The van der Waals surface area contributed by atoms with E-state index in [9.17, 15) is 18.3 Å². The number of benzene rings is 3. The monoisotopic (exact) mass is 464 g/mol. The zero-order chi connectivity index (χ0) is 24.0. The van der Waals surface area contributed by atoms with Gasteiger partial charge in [0.2, 0.25) is 10.0 Å². The largest absolute Gasteiger partial charge is 0.506 e. The summed E-state index contributed by atoms with van der Waals surface area (Å²) in [6.45, 7) is 7.02. The minimum Gasteiger partial charge on any atom is -0.506 e. The second-order valence-electron chi connectivity index (χ2n) is 9.48. The van der Waals surface area contributed by atoms with E-state index in [1.807, 2.05) is 12.1 Å². The Balaban J connectivity index is 1.61. The second-order valence-corrected chi connectivity index (χ2v) is 11.2. The van der Waals surface area contributed by atoms with E-state index < -0.39 is 10.0 Å². The smallest absolute Gasteiger partial charge is 0.258 e. The lowest BCUT2D eigenvalue weighted by atomic mass is 9.86. The normalized spacial score (nSPS) is 14.2. The van der Waals surface area contributed by atoms with Crippen LogP contribution in [0, 0.1) is 0 Å². The van der Waals surface area contributed by atoms with E-state index in [4.69, 9.17) is 0 Å². The van der Waals surface area contributed by atoms with E-state index in [1.165, 1.54) is 17.7 Å². The second kappa shape index (κ2) is 8.23. The van der Waals surface area contributed by atoms with E-state index in [1.54, 1.807) is 11.0 Å². The molecule has 0 saturated carbocycles. The number of phenols is 1. The average Bonchev–Trinajstić information content (AvgIpc) is 2.74. The van der Waals surface area contributed by atoms with Gasteiger partial charge in [0.25, 0.3) is 5.91 Å². The van der Waals surface area contributed by atoms with Gasteiger partial charge >= 0.3 is 0 Å². The van der Waals surface area contributed by atoms with Crippen molar-refractivity contribution in [2.75, 3.05) is 22.4 Å². The van der Waals surface area contributed by atoms with Crippen LogP contribution in [0.5, 0.6) is 5.75 Å². The third kappa shape index (κ3) is 4.88. The van der Waals surface area contributed by atoms with Crippen LogP contribution in [0.4, 0.5) is 11.4 Å². The van der Waals surface area contributed by atoms with Gasteiger partial charge in [0.1, 0.15) is 5.75 Å². The first-order valence-corrected chi connectivity index (χ1v) is 12.7. The molecule has 0 aromatic heterocycles. The van der Waals surface area contributed by atoms with Crippen LogP contribution < -0.4 is 9.62 Å². The highest BCUT2D eigenvalue weighted by atomic mass is 32.2. The highest BCUT2D eigenvalue weighted by Crippen LogP contribution is 2.33. The van der Waals surface area contributed by atoms with Crippen molar-refractivity contribution >= 4 is 27.3 Å². The Morgan fingerprint density at radius 3 is 2.24 bits per heavy atom. The number of fused-ring (bicyclic) bond motifs is 1. The number of hydrogen-bond acceptors (Lipinski definition) is 4. The minimum absolute atomic E-state index is 0.0441. The van der Waals surface area contributed by atoms with Gasteiger partial charge in [-0.1, -0.05) is 57.2 Å². The Morgan fingerprint density at radius 1 is 0.939 bits per heavy atom. The van der Waals surface area contributed by atoms with Crippen LogP contribution in [0.15, 0.2) is 60.7 Å². The topological polar surface area (TPSA) is 86.7 Å². The molecule has 0 saturated heterocycles. The Labute approximate surface area is 194 Å². The Bertz CT molecular complexity index is 1320. The molecule has 6 nitrogen and oxygen atoms in total. The number of nitrogens with zero attached hydrogens (tertiary/aromatic N) is 1. The molecular formula is C26H28N2O4S. The van der Waals surface area contributed by atoms with Crippen LogP contribution in [-0.4, -0.2) is 32.2 Å². The summed E-state index contributed by atoms with van der Waals surface area (Å²) in [7, 11) is -3.56. The van der Waals surface area contributed by atoms with Gasteiger partial charge in [-0.2, -0.15) is 0 Å². The number of phenolic OH excluding ortho intramolecular Hbond substituents is 1. The highest BCUT2D eigenvalue weighted by Gasteiger charge is 2.26. The van der Waals surface area contributed by atoms with Crippen LogP contribution >= 0.6 is 0 Å². The number of carbonyl (C=O) groups is 1. The molecule has 0 spiro atoms. The van der Waals surface area contributed by atoms with E-state index in [0.29, 0.717) is 24.2 Å². The zero-order valence-electron chi connectivity index (χ0n) is 19.2. The molecule has 3 aromatic carbocycles. The maximum absolute atomic E-state index is 13.2. The molecule has 1 aliphatic heterocycles. The van der Waals surface area contributed by atoms with Gasteiger partial charge in [-0.25, -0.2) is 8.42 Å². The average molecular weight is 465 g/mol. The summed E-state index contributed by atoms with van der Waals surface area (Å²) in [5.41, 5.74) is 5.72. The molecule has 0 fully saturated rings. The van der Waals surface area contributed by atoms with Crippen LogP contribution in [0.3, 0.4) is 0 Å². The van der Waals surface area contributed by atoms with Gasteiger partial charge in [-0.15, -0.1) is 0 Å². The summed E-state index contributed by atoms with van der Waals surface area (Å²) >= 11 is 0. The summed E-state index contributed by atoms with van der Waals surface area (Å²) in [6, 6.07) is 18.9. The fraction of sp³-hybridized carbons (Fsp3) is 0.269. The first kappa shape index (κ1) is 22.9. The van der Waals surface area contributed by atoms with Crippen molar-refractivity contribution in [1.82, 2.24) is 0 Å². The fourth-order valence-corrected chi connectivity index (χ4v) is 4.61. The Kier molecular flexibility index (Phi) is 5.70. The number of anilines is 2. The molecule has 4 rings (SSSR count). The SMILES string of the molecule is CC(C)(C)c1ccc(-c2ccc3c(c2)CCN(c2ccc(O)c(NS(C)(=O)=O)c2)C3=O)cc1. The summed E-state index contributed by atoms with van der Waals surface area (Å²) in [5.74, 6) is -0.349. The van der Waals surface area contributed by atoms with E-state index in [-0.39, 0.29) is 22.8 Å². The van der Waals surface area contributed by atoms with E-state index in [0.717, 1.165) is 22.9 Å². The van der Waals surface area contributed by atoms with Gasteiger partial charge in [-0.05, 0) is 58.4 Å². The van der Waals surface area contributed by atoms with Crippen molar-refractivity contribution in [3.8, 4) is 16.9 Å². The minimum atomic E-state index is -3.56. The molecule has 7 heteroatoms. The number of carbonyl (C=O) groups excluding carboxylic acids is 1. The van der Waals surface area contributed by atoms with Crippen molar-refractivity contribution < 1.29 is 18.3 Å². The number of aromatic hydroxyl groups is 1. The Morgan fingerprint density at radius 2 is 1.61 bits per heavy atom. The van der Waals surface area contributed by atoms with Crippen LogP contribution in [0.2, 0.25) is 0 Å². The molecule has 1 aliphatic rings. The predicted molar refractivity (Wildman–Crippen MR) is 133 cm³/mol. The van der Waals surface area contributed by atoms with Crippen LogP contribution in [-0.2, 0) is 21.9 Å². The standard InChI is InChI=1S/C26H28N2O4S/c1-26(2,3)20-8-5-17(6-9-20)18-7-11-22-19(15-18)13-14-28(25(22)30)21-10-12-24(29)23(16-21)27-33(4,31)32/h5-12,15-16,27,29H,13-14H2,1-4H3. The number of amides is 1. The number of nitrogens with one attached hydrogen (secondary N) is 1. The summed E-state index contributed by atoms with van der Waals surface area (Å²) in [6.07, 6.45) is 1.68. The lowest BCUT2D eigenvalue weighted by Crippen LogP contribution is -2.37. The highest BCUT2D eigenvalue weighted by molar-refractivity contribution is 7.92. The van der Waals surface area contributed by atoms with Crippen molar-refractivity contribution in [2.24, 2.45) is 0 Å². The van der Waals surface area contributed by atoms with Gasteiger partial charge < -0.3 is 10.0 Å². The van der Waals surface area contributed by atoms with Crippen LogP contribution in [0.25, 0.3) is 11.1 Å². The lowest BCUT2D eigenvalue weighted by Gasteiger charge is -2.29. The molecule has 1 heterocycles. The van der Waals surface area contributed by atoms with Gasteiger partial charge in [0, 0.05) is 17.8 Å². The number of rotatable bonds is 4. The molecule has 0 unspecified atom stereocenters. The fourth-order valence-electron chi connectivity index (χ4n) is 4.05. The first-order chi connectivity index (χ1) is 15.4. The van der Waals surface area contributed by atoms with Gasteiger partial charge in [0.15, 0.2) is 0 Å². The molecule has 0 bridgehead atoms. The van der Waals surface area contributed by atoms with Crippen molar-refractivity contribution in [3.63, 3.8) is 0 Å². The molecule has 2 N–H and O–H groups in total. The molecular weight excluding hydrogens is 436 g/mol. The van der Waals surface area contributed by atoms with Crippen molar-refractivity contribution in [2.45, 2.75) is 32.6 Å². The van der Waals surface area contributed by atoms with Gasteiger partial charge in [-0.3, -0.25) is 9.52 Å². The molecule has 1 amide bonds. The predicted octanol–water partition coefficient (Wildman–Crippen LogP) is 4.93. The quantitative estimate of drug-likeness (QED) is 0.536. The molecule has 0 radical (unpaired) electrons. The molecule has 33 heavy (non-hydrogen) atoms.